The first kappa shape index (κ1) is 25.0. The molecule has 0 N–H and O–H groups in total. The summed E-state index contributed by atoms with van der Waals surface area (Å²) in [7, 11) is 5.68. The van der Waals surface area contributed by atoms with Crippen LogP contribution in [0.2, 0.25) is 0 Å². The van der Waals surface area contributed by atoms with Gasteiger partial charge in [-0.1, -0.05) is 12.1 Å². The van der Waals surface area contributed by atoms with E-state index in [9.17, 15) is 9.18 Å². The summed E-state index contributed by atoms with van der Waals surface area (Å²) in [5, 5.41) is 0.537. The first-order valence-corrected chi connectivity index (χ1v) is 12.7. The number of hydrogen-bond acceptors (Lipinski definition) is 6. The molecule has 0 spiro atoms. The minimum Gasteiger partial charge on any atom is -0.482 e. The summed E-state index contributed by atoms with van der Waals surface area (Å²) in [6, 6.07) is 10.7. The molecule has 1 aliphatic heterocycles. The molecule has 8 nitrogen and oxygen atoms in total. The Morgan fingerprint density at radius 1 is 1.10 bits per heavy atom. The van der Waals surface area contributed by atoms with Gasteiger partial charge in [-0.25, -0.2) is 18.6 Å². The molecule has 6 rings (SSSR count). The molecule has 0 saturated heterocycles. The van der Waals surface area contributed by atoms with E-state index < -0.39 is 11.9 Å². The molecule has 0 saturated carbocycles. The van der Waals surface area contributed by atoms with Crippen LogP contribution in [0.3, 0.4) is 0 Å². The van der Waals surface area contributed by atoms with E-state index in [1.165, 1.54) is 22.8 Å². The lowest BCUT2D eigenvalue weighted by molar-refractivity contribution is 0.189. The molecule has 10 heteroatoms. The largest absolute Gasteiger partial charge is 0.482 e. The molecule has 1 unspecified atom stereocenters. The van der Waals surface area contributed by atoms with E-state index in [-0.39, 0.29) is 29.4 Å². The molecule has 200 valence electrons. The van der Waals surface area contributed by atoms with Crippen LogP contribution >= 0.6 is 0 Å². The maximum absolute atomic E-state index is 15.8. The molecule has 5 aromatic rings. The summed E-state index contributed by atoms with van der Waals surface area (Å²) in [5.74, 6) is -0.218. The van der Waals surface area contributed by atoms with Crippen molar-refractivity contribution in [3.05, 3.63) is 82.5 Å². The highest BCUT2D eigenvalue weighted by Crippen LogP contribution is 2.45. The number of aryl methyl sites for hydroxylation is 1. The van der Waals surface area contributed by atoms with Gasteiger partial charge in [0.2, 0.25) is 5.88 Å². The molecule has 4 heterocycles. The van der Waals surface area contributed by atoms with Crippen molar-refractivity contribution < 1.29 is 18.3 Å². The predicted octanol–water partition coefficient (Wildman–Crippen LogP) is 4.69. The molecular weight excluding hydrogens is 504 g/mol. The summed E-state index contributed by atoms with van der Waals surface area (Å²) >= 11 is 0. The van der Waals surface area contributed by atoms with Crippen LogP contribution in [0.15, 0.2) is 59.7 Å². The third-order valence-corrected chi connectivity index (χ3v) is 7.04. The number of imidazole rings is 1. The molecule has 39 heavy (non-hydrogen) atoms. The van der Waals surface area contributed by atoms with Gasteiger partial charge in [-0.2, -0.15) is 0 Å². The summed E-state index contributed by atoms with van der Waals surface area (Å²) in [4.78, 5) is 24.2. The zero-order chi connectivity index (χ0) is 27.3. The summed E-state index contributed by atoms with van der Waals surface area (Å²) in [5.41, 5.74) is 2.70. The lowest BCUT2D eigenvalue weighted by atomic mass is 10.0. The standard InChI is InChI=1S/C29H27F2N5O3/c1-34(2)11-4-12-38-24-10-7-18(14-33-24)25-20(31)13-21-26-27-22(15-32-21)35(3)29(37)36(27)16-23(39-28(25)26)17-5-8-19(30)9-6-17/h5-10,13-15,23H,4,11-12,16H2,1-3H3. The third kappa shape index (κ3) is 4.40. The van der Waals surface area contributed by atoms with Gasteiger partial charge in [-0.3, -0.25) is 14.1 Å². The van der Waals surface area contributed by atoms with Crippen molar-refractivity contribution in [3.63, 3.8) is 0 Å². The molecule has 1 atom stereocenters. The number of rotatable bonds is 7. The number of pyridine rings is 2. The second-order valence-corrected chi connectivity index (χ2v) is 9.95. The molecule has 0 amide bonds. The molecule has 2 aromatic carbocycles. The lowest BCUT2D eigenvalue weighted by Gasteiger charge is -2.21. The number of hydrogen-bond donors (Lipinski definition) is 0. The smallest absolute Gasteiger partial charge is 0.329 e. The van der Waals surface area contributed by atoms with Gasteiger partial charge in [0.1, 0.15) is 23.5 Å². The monoisotopic (exact) mass is 531 g/mol. The normalized spacial score (nSPS) is 14.8. The number of ether oxygens (including phenoxy) is 2. The van der Waals surface area contributed by atoms with Crippen molar-refractivity contribution in [1.29, 1.82) is 0 Å². The number of nitrogens with zero attached hydrogens (tertiary/aromatic N) is 5. The maximum atomic E-state index is 15.8. The SMILES string of the molecule is CN(C)CCCOc1ccc(-c2c(F)cc3ncc4c5c3c2OC(c2ccc(F)cc2)Cn5c(=O)n4C)cn1. The van der Waals surface area contributed by atoms with E-state index in [0.29, 0.717) is 45.6 Å². The number of aromatic nitrogens is 4. The topological polar surface area (TPSA) is 74.4 Å². The highest BCUT2D eigenvalue weighted by atomic mass is 19.1. The minimum absolute atomic E-state index is 0.161. The van der Waals surface area contributed by atoms with Gasteiger partial charge in [0.15, 0.2) is 0 Å². The fourth-order valence-corrected chi connectivity index (χ4v) is 5.09. The zero-order valence-electron chi connectivity index (χ0n) is 21.8. The Balaban J connectivity index is 1.50. The highest BCUT2D eigenvalue weighted by Gasteiger charge is 2.30. The van der Waals surface area contributed by atoms with Gasteiger partial charge >= 0.3 is 5.69 Å². The van der Waals surface area contributed by atoms with Gasteiger partial charge in [-0.05, 0) is 44.3 Å². The molecule has 1 aliphatic rings. The van der Waals surface area contributed by atoms with E-state index in [1.54, 1.807) is 48.3 Å². The van der Waals surface area contributed by atoms with Gasteiger partial charge in [0.05, 0.1) is 46.8 Å². The van der Waals surface area contributed by atoms with Crippen LogP contribution < -0.4 is 15.2 Å². The van der Waals surface area contributed by atoms with Gasteiger partial charge in [0, 0.05) is 37.5 Å². The summed E-state index contributed by atoms with van der Waals surface area (Å²) in [6.07, 6.45) is 3.28. The van der Waals surface area contributed by atoms with E-state index >= 15 is 4.39 Å². The van der Waals surface area contributed by atoms with Crippen LogP contribution in [-0.4, -0.2) is 51.2 Å². The van der Waals surface area contributed by atoms with Crippen LogP contribution in [-0.2, 0) is 13.6 Å². The van der Waals surface area contributed by atoms with Gasteiger partial charge in [-0.15, -0.1) is 0 Å². The second-order valence-electron chi connectivity index (χ2n) is 9.95. The Hall–Kier alpha value is -4.31. The van der Waals surface area contributed by atoms with Crippen LogP contribution in [0, 0.1) is 11.6 Å². The average molecular weight is 532 g/mol. The molecule has 3 aromatic heterocycles. The Kier molecular flexibility index (Phi) is 6.26. The fraction of sp³-hybridized carbons (Fsp3) is 0.276. The van der Waals surface area contributed by atoms with Crippen LogP contribution in [0.4, 0.5) is 8.78 Å². The molecule has 0 bridgehead atoms. The average Bonchev–Trinajstić information content (AvgIpc) is 3.05. The van der Waals surface area contributed by atoms with Crippen molar-refractivity contribution in [2.45, 2.75) is 19.1 Å². The minimum atomic E-state index is -0.683. The summed E-state index contributed by atoms with van der Waals surface area (Å²) in [6.45, 7) is 1.57. The third-order valence-electron chi connectivity index (χ3n) is 7.04. The predicted molar refractivity (Wildman–Crippen MR) is 144 cm³/mol. The Morgan fingerprint density at radius 3 is 2.62 bits per heavy atom. The Bertz CT molecular complexity index is 1740. The number of halogens is 2. The van der Waals surface area contributed by atoms with Crippen molar-refractivity contribution in [1.82, 2.24) is 24.0 Å². The van der Waals surface area contributed by atoms with Crippen molar-refractivity contribution in [3.8, 4) is 22.8 Å². The van der Waals surface area contributed by atoms with Crippen LogP contribution in [0.25, 0.3) is 33.1 Å². The van der Waals surface area contributed by atoms with E-state index in [2.05, 4.69) is 14.9 Å². The van der Waals surface area contributed by atoms with E-state index in [4.69, 9.17) is 9.47 Å². The molecule has 0 aliphatic carbocycles. The second kappa shape index (κ2) is 9.77. The maximum Gasteiger partial charge on any atom is 0.329 e. The fourth-order valence-electron chi connectivity index (χ4n) is 5.09. The Morgan fingerprint density at radius 2 is 1.90 bits per heavy atom. The number of benzene rings is 2. The van der Waals surface area contributed by atoms with E-state index in [1.807, 2.05) is 14.1 Å². The first-order valence-electron chi connectivity index (χ1n) is 12.7. The Labute approximate surface area is 223 Å². The molecule has 0 radical (unpaired) electrons. The van der Waals surface area contributed by atoms with Gasteiger partial charge < -0.3 is 14.4 Å². The van der Waals surface area contributed by atoms with Crippen LogP contribution in [0.1, 0.15) is 18.1 Å². The molecular formula is C29H27F2N5O3. The van der Waals surface area contributed by atoms with Crippen LogP contribution in [0.5, 0.6) is 11.6 Å². The first-order chi connectivity index (χ1) is 18.8. The summed E-state index contributed by atoms with van der Waals surface area (Å²) < 4.78 is 44.9. The quantitative estimate of drug-likeness (QED) is 0.284. The zero-order valence-corrected chi connectivity index (χ0v) is 21.8. The van der Waals surface area contributed by atoms with Crippen molar-refractivity contribution >= 4 is 21.9 Å². The lowest BCUT2D eigenvalue weighted by Crippen LogP contribution is -2.26. The van der Waals surface area contributed by atoms with E-state index in [0.717, 1.165) is 13.0 Å². The highest BCUT2D eigenvalue weighted by molar-refractivity contribution is 6.09. The van der Waals surface area contributed by atoms with Gasteiger partial charge in [0.25, 0.3) is 0 Å². The van der Waals surface area contributed by atoms with Crippen molar-refractivity contribution in [2.24, 2.45) is 7.05 Å². The molecule has 0 fully saturated rings. The van der Waals surface area contributed by atoms with Crippen molar-refractivity contribution in [2.75, 3.05) is 27.2 Å².